The number of carboxylic acids is 1. The number of benzene rings is 1. The van der Waals surface area contributed by atoms with E-state index in [1.807, 2.05) is 18.7 Å². The van der Waals surface area contributed by atoms with Gasteiger partial charge in [0.15, 0.2) is 0 Å². The number of halogens is 6. The molecule has 0 amide bonds. The van der Waals surface area contributed by atoms with Crippen LogP contribution < -0.4 is 34.7 Å². The van der Waals surface area contributed by atoms with Crippen molar-refractivity contribution in [2.24, 2.45) is 11.8 Å². The predicted octanol–water partition coefficient (Wildman–Crippen LogP) is 2.41. The zero-order valence-electron chi connectivity index (χ0n) is 19.7. The van der Waals surface area contributed by atoms with Gasteiger partial charge in [-0.25, -0.2) is 0 Å². The van der Waals surface area contributed by atoms with E-state index in [9.17, 15) is 36.2 Å². The van der Waals surface area contributed by atoms with Crippen LogP contribution >= 0.6 is 0 Å². The summed E-state index contributed by atoms with van der Waals surface area (Å²) in [6.45, 7) is 4.23. The van der Waals surface area contributed by atoms with Crippen molar-refractivity contribution in [2.45, 2.75) is 57.5 Å². The second-order valence-corrected chi connectivity index (χ2v) is 9.00. The number of hydrogen-bond acceptors (Lipinski definition) is 4. The monoisotopic (exact) mass is 510 g/mol. The molecule has 2 aromatic rings. The van der Waals surface area contributed by atoms with Crippen LogP contribution in [0.4, 0.5) is 26.3 Å². The smallest absolute Gasteiger partial charge is 0.550 e. The quantitative estimate of drug-likeness (QED) is 0.443. The Kier molecular flexibility index (Phi) is 9.83. The van der Waals surface area contributed by atoms with Crippen LogP contribution in [0.2, 0.25) is 0 Å². The Labute approximate surface area is 222 Å². The molecule has 0 N–H and O–H groups in total. The van der Waals surface area contributed by atoms with E-state index in [0.29, 0.717) is 30.5 Å². The largest absolute Gasteiger partial charge is 1.00 e. The number of alkyl halides is 6. The average Bonchev–Trinajstić information content (AvgIpc) is 2.73. The van der Waals surface area contributed by atoms with E-state index in [4.69, 9.17) is 0 Å². The van der Waals surface area contributed by atoms with Crippen LogP contribution in [-0.4, -0.2) is 22.4 Å². The molecule has 0 spiro atoms. The SMILES string of the molecule is CC(C)[C@H](c1ccc(C(F)(F)F)nc1)N1CC[C@@H](CC(=O)[O-])C[C@H]1c1ccc(C(F)(F)F)cc1.[Na+]. The van der Waals surface area contributed by atoms with E-state index < -0.39 is 35.6 Å². The number of rotatable bonds is 6. The Morgan fingerprint density at radius 1 is 1.06 bits per heavy atom. The van der Waals surface area contributed by atoms with Gasteiger partial charge in [0.1, 0.15) is 5.69 Å². The summed E-state index contributed by atoms with van der Waals surface area (Å²) in [7, 11) is 0. The van der Waals surface area contributed by atoms with Crippen LogP contribution in [0.5, 0.6) is 0 Å². The number of aliphatic carboxylic acids is 1. The van der Waals surface area contributed by atoms with Gasteiger partial charge in [-0.05, 0) is 67.0 Å². The van der Waals surface area contributed by atoms with Gasteiger partial charge in [-0.1, -0.05) is 32.0 Å². The standard InChI is InChI=1S/C24H26F6N2O2.Na/c1-14(2)22(17-5-8-20(31-13-17)24(28,29)30)32-10-9-15(12-21(33)34)11-19(32)16-3-6-18(7-4-16)23(25,26)27;/h3-8,13-15,19,22H,9-12H2,1-2H3,(H,33,34);/q;+1/p-1/t15-,19+,22-;/m1./s1. The topological polar surface area (TPSA) is 56.3 Å². The molecule has 1 aromatic carbocycles. The van der Waals surface area contributed by atoms with E-state index in [1.54, 1.807) is 0 Å². The Bertz CT molecular complexity index is 977. The maximum atomic E-state index is 13.0. The second-order valence-electron chi connectivity index (χ2n) is 9.00. The molecule has 4 nitrogen and oxygen atoms in total. The van der Waals surface area contributed by atoms with Crippen LogP contribution in [-0.2, 0) is 17.1 Å². The summed E-state index contributed by atoms with van der Waals surface area (Å²) >= 11 is 0. The Morgan fingerprint density at radius 3 is 2.14 bits per heavy atom. The molecule has 1 saturated heterocycles. The molecular formula is C24H25F6N2NaO2. The maximum Gasteiger partial charge on any atom is 1.00 e. The molecule has 35 heavy (non-hydrogen) atoms. The number of piperidine rings is 1. The van der Waals surface area contributed by atoms with Crippen molar-refractivity contribution < 1.29 is 65.8 Å². The van der Waals surface area contributed by atoms with Crippen molar-refractivity contribution in [1.82, 2.24) is 9.88 Å². The summed E-state index contributed by atoms with van der Waals surface area (Å²) in [6, 6.07) is 6.23. The molecular weight excluding hydrogens is 485 g/mol. The van der Waals surface area contributed by atoms with Gasteiger partial charge < -0.3 is 9.90 Å². The molecule has 0 unspecified atom stereocenters. The van der Waals surface area contributed by atoms with E-state index >= 15 is 0 Å². The predicted molar refractivity (Wildman–Crippen MR) is 110 cm³/mol. The summed E-state index contributed by atoms with van der Waals surface area (Å²) in [4.78, 5) is 16.8. The average molecular weight is 510 g/mol. The molecule has 1 fully saturated rings. The van der Waals surface area contributed by atoms with Gasteiger partial charge >= 0.3 is 41.9 Å². The minimum Gasteiger partial charge on any atom is -0.550 e. The van der Waals surface area contributed by atoms with Gasteiger partial charge in [-0.15, -0.1) is 0 Å². The number of likely N-dealkylation sites (tertiary alicyclic amines) is 1. The normalized spacial score (nSPS) is 20.4. The second kappa shape index (κ2) is 11.6. The van der Waals surface area contributed by atoms with Crippen molar-refractivity contribution in [2.75, 3.05) is 6.54 Å². The summed E-state index contributed by atoms with van der Waals surface area (Å²) in [6.07, 6.45) is -7.16. The number of aromatic nitrogens is 1. The number of pyridine rings is 1. The summed E-state index contributed by atoms with van der Waals surface area (Å²) in [5, 5.41) is 11.2. The molecule has 186 valence electrons. The molecule has 11 heteroatoms. The summed E-state index contributed by atoms with van der Waals surface area (Å²) in [5.41, 5.74) is -0.664. The Hall–Kier alpha value is -1.62. The Balaban J connectivity index is 0.00000432. The van der Waals surface area contributed by atoms with E-state index in [2.05, 4.69) is 4.98 Å². The molecule has 0 bridgehead atoms. The van der Waals surface area contributed by atoms with Crippen molar-refractivity contribution in [3.63, 3.8) is 0 Å². The molecule has 1 aromatic heterocycles. The van der Waals surface area contributed by atoms with Gasteiger partial charge in [-0.3, -0.25) is 9.88 Å². The first-order valence-corrected chi connectivity index (χ1v) is 10.9. The third kappa shape index (κ3) is 7.44. The van der Waals surface area contributed by atoms with Crippen LogP contribution in [0, 0.1) is 11.8 Å². The van der Waals surface area contributed by atoms with Crippen molar-refractivity contribution >= 4 is 5.97 Å². The summed E-state index contributed by atoms with van der Waals surface area (Å²) < 4.78 is 78.1. The van der Waals surface area contributed by atoms with E-state index in [-0.39, 0.29) is 53.9 Å². The van der Waals surface area contributed by atoms with Crippen LogP contribution in [0.1, 0.15) is 67.6 Å². The third-order valence-electron chi connectivity index (χ3n) is 6.24. The molecule has 0 saturated carbocycles. The first kappa shape index (κ1) is 29.6. The van der Waals surface area contributed by atoms with Crippen LogP contribution in [0.3, 0.4) is 0 Å². The van der Waals surface area contributed by atoms with Crippen molar-refractivity contribution in [3.8, 4) is 0 Å². The van der Waals surface area contributed by atoms with Gasteiger partial charge in [0, 0.05) is 24.2 Å². The number of carboxylic acid groups (broad SMARTS) is 1. The molecule has 1 aliphatic rings. The van der Waals surface area contributed by atoms with Gasteiger partial charge in [0.2, 0.25) is 0 Å². The molecule has 1 aliphatic heterocycles. The fourth-order valence-corrected chi connectivity index (χ4v) is 4.74. The number of hydrogen-bond donors (Lipinski definition) is 0. The van der Waals surface area contributed by atoms with Crippen molar-refractivity contribution in [1.29, 1.82) is 0 Å². The third-order valence-corrected chi connectivity index (χ3v) is 6.24. The fourth-order valence-electron chi connectivity index (χ4n) is 4.74. The molecule has 2 heterocycles. The van der Waals surface area contributed by atoms with E-state index in [1.165, 1.54) is 24.4 Å². The van der Waals surface area contributed by atoms with Gasteiger partial charge in [-0.2, -0.15) is 26.3 Å². The zero-order chi connectivity index (χ0) is 25.3. The molecule has 3 rings (SSSR count). The first-order chi connectivity index (χ1) is 15.8. The number of carbonyl (C=O) groups excluding carboxylic acids is 1. The molecule has 0 aliphatic carbocycles. The van der Waals surface area contributed by atoms with Gasteiger partial charge in [0.25, 0.3) is 0 Å². The zero-order valence-corrected chi connectivity index (χ0v) is 21.7. The summed E-state index contributed by atoms with van der Waals surface area (Å²) in [5.74, 6) is -1.49. The first-order valence-electron chi connectivity index (χ1n) is 10.9. The number of nitrogens with zero attached hydrogens (tertiary/aromatic N) is 2. The van der Waals surface area contributed by atoms with Crippen LogP contribution in [0.25, 0.3) is 0 Å². The minimum absolute atomic E-state index is 0. The molecule has 3 atom stereocenters. The van der Waals surface area contributed by atoms with E-state index in [0.717, 1.165) is 18.2 Å². The Morgan fingerprint density at radius 2 is 1.69 bits per heavy atom. The van der Waals surface area contributed by atoms with Gasteiger partial charge in [0.05, 0.1) is 5.56 Å². The maximum absolute atomic E-state index is 13.0. The van der Waals surface area contributed by atoms with Crippen molar-refractivity contribution in [3.05, 3.63) is 65.0 Å². The number of carbonyl (C=O) groups is 1. The minimum atomic E-state index is -4.57. The molecule has 0 radical (unpaired) electrons. The fraction of sp³-hybridized carbons (Fsp3) is 0.500. The van der Waals surface area contributed by atoms with Crippen LogP contribution in [0.15, 0.2) is 42.6 Å².